The number of rotatable bonds is 4. The van der Waals surface area contributed by atoms with E-state index >= 15 is 0 Å². The van der Waals surface area contributed by atoms with Gasteiger partial charge in [0.1, 0.15) is 0 Å². The van der Waals surface area contributed by atoms with Gasteiger partial charge in [-0.05, 0) is 12.3 Å². The molecular formula is C9H22OSi. The topological polar surface area (TPSA) is 20.2 Å². The molecule has 0 bridgehead atoms. The quantitative estimate of drug-likeness (QED) is 0.650. The Balaban J connectivity index is 3.54. The summed E-state index contributed by atoms with van der Waals surface area (Å²) in [5, 5.41) is 9.51. The molecule has 1 unspecified atom stereocenters. The maximum absolute atomic E-state index is 9.51. The SMILES string of the molecule is CC(C)C(O)CC[Si](C)(C)C. The maximum atomic E-state index is 9.51. The first kappa shape index (κ1) is 11.2. The molecule has 0 aliphatic rings. The highest BCUT2D eigenvalue weighted by Gasteiger charge is 2.16. The third-order valence-corrected chi connectivity index (χ3v) is 3.75. The van der Waals surface area contributed by atoms with Crippen molar-refractivity contribution in [2.45, 2.75) is 52.1 Å². The minimum Gasteiger partial charge on any atom is -0.393 e. The lowest BCUT2D eigenvalue weighted by atomic mass is 10.1. The van der Waals surface area contributed by atoms with E-state index in [4.69, 9.17) is 0 Å². The van der Waals surface area contributed by atoms with Crippen molar-refractivity contribution in [2.75, 3.05) is 0 Å². The van der Waals surface area contributed by atoms with E-state index in [1.807, 2.05) is 0 Å². The van der Waals surface area contributed by atoms with Crippen LogP contribution in [0.25, 0.3) is 0 Å². The zero-order valence-electron chi connectivity index (χ0n) is 8.52. The van der Waals surface area contributed by atoms with E-state index in [0.29, 0.717) is 5.92 Å². The lowest BCUT2D eigenvalue weighted by Crippen LogP contribution is -2.24. The fraction of sp³-hybridized carbons (Fsp3) is 1.00. The third kappa shape index (κ3) is 6.57. The first-order chi connectivity index (χ1) is 4.83. The predicted octanol–water partition coefficient (Wildman–Crippen LogP) is 2.73. The van der Waals surface area contributed by atoms with Crippen molar-refractivity contribution in [3.63, 3.8) is 0 Å². The molecular weight excluding hydrogens is 152 g/mol. The average Bonchev–Trinajstić information content (AvgIpc) is 1.80. The van der Waals surface area contributed by atoms with Gasteiger partial charge in [0.2, 0.25) is 0 Å². The van der Waals surface area contributed by atoms with Gasteiger partial charge in [-0.25, -0.2) is 0 Å². The molecule has 0 aliphatic carbocycles. The summed E-state index contributed by atoms with van der Waals surface area (Å²) in [6.45, 7) is 11.2. The zero-order valence-corrected chi connectivity index (χ0v) is 9.52. The first-order valence-corrected chi connectivity index (χ1v) is 8.22. The van der Waals surface area contributed by atoms with Crippen molar-refractivity contribution >= 4 is 8.07 Å². The van der Waals surface area contributed by atoms with Gasteiger partial charge in [-0.2, -0.15) is 0 Å². The molecule has 0 fully saturated rings. The van der Waals surface area contributed by atoms with Crippen LogP contribution in [0.2, 0.25) is 25.7 Å². The summed E-state index contributed by atoms with van der Waals surface area (Å²) in [6.07, 6.45) is 0.912. The van der Waals surface area contributed by atoms with Crippen LogP contribution in [0.15, 0.2) is 0 Å². The Morgan fingerprint density at radius 3 is 1.91 bits per heavy atom. The van der Waals surface area contributed by atoms with E-state index in [-0.39, 0.29) is 6.10 Å². The number of hydrogen-bond donors (Lipinski definition) is 1. The van der Waals surface area contributed by atoms with Crippen molar-refractivity contribution in [3.05, 3.63) is 0 Å². The van der Waals surface area contributed by atoms with E-state index in [2.05, 4.69) is 33.5 Å². The lowest BCUT2D eigenvalue weighted by Gasteiger charge is -2.20. The lowest BCUT2D eigenvalue weighted by molar-refractivity contribution is 0.121. The van der Waals surface area contributed by atoms with Crippen LogP contribution in [0.3, 0.4) is 0 Å². The standard InChI is InChI=1S/C9H22OSi/c1-8(2)9(10)6-7-11(3,4)5/h8-10H,6-7H2,1-5H3. The molecule has 11 heavy (non-hydrogen) atoms. The Bertz CT molecular complexity index is 105. The summed E-state index contributed by atoms with van der Waals surface area (Å²) < 4.78 is 0. The van der Waals surface area contributed by atoms with E-state index in [9.17, 15) is 5.11 Å². The van der Waals surface area contributed by atoms with Crippen LogP contribution < -0.4 is 0 Å². The fourth-order valence-electron chi connectivity index (χ4n) is 0.914. The van der Waals surface area contributed by atoms with Gasteiger partial charge in [-0.3, -0.25) is 0 Å². The molecule has 0 radical (unpaired) electrons. The Morgan fingerprint density at radius 1 is 1.18 bits per heavy atom. The van der Waals surface area contributed by atoms with Crippen LogP contribution in [0.1, 0.15) is 20.3 Å². The molecule has 2 heteroatoms. The second-order valence-electron chi connectivity index (χ2n) is 4.91. The monoisotopic (exact) mass is 174 g/mol. The van der Waals surface area contributed by atoms with Gasteiger partial charge >= 0.3 is 0 Å². The van der Waals surface area contributed by atoms with Crippen molar-refractivity contribution in [1.82, 2.24) is 0 Å². The van der Waals surface area contributed by atoms with Crippen LogP contribution in [0.5, 0.6) is 0 Å². The van der Waals surface area contributed by atoms with Crippen molar-refractivity contribution < 1.29 is 5.11 Å². The van der Waals surface area contributed by atoms with Gasteiger partial charge in [0, 0.05) is 8.07 Å². The summed E-state index contributed by atoms with van der Waals surface area (Å²) in [5.41, 5.74) is 0. The molecule has 0 aliphatic heterocycles. The maximum Gasteiger partial charge on any atom is 0.0560 e. The largest absolute Gasteiger partial charge is 0.393 e. The van der Waals surface area contributed by atoms with Gasteiger partial charge in [0.25, 0.3) is 0 Å². The van der Waals surface area contributed by atoms with Gasteiger partial charge in [-0.1, -0.05) is 39.5 Å². The summed E-state index contributed by atoms with van der Waals surface area (Å²) in [5.74, 6) is 0.423. The second kappa shape index (κ2) is 4.26. The zero-order chi connectivity index (χ0) is 9.07. The highest BCUT2D eigenvalue weighted by molar-refractivity contribution is 6.76. The molecule has 0 rings (SSSR count). The van der Waals surface area contributed by atoms with Crippen LogP contribution >= 0.6 is 0 Å². The first-order valence-electron chi connectivity index (χ1n) is 4.51. The molecule has 1 nitrogen and oxygen atoms in total. The summed E-state index contributed by atoms with van der Waals surface area (Å²) in [4.78, 5) is 0. The minimum atomic E-state index is -0.926. The molecule has 0 heterocycles. The fourth-order valence-corrected chi connectivity index (χ4v) is 2.08. The van der Waals surface area contributed by atoms with E-state index in [1.165, 1.54) is 6.04 Å². The highest BCUT2D eigenvalue weighted by Crippen LogP contribution is 2.16. The number of hydrogen-bond acceptors (Lipinski definition) is 1. The molecule has 0 saturated carbocycles. The Hall–Kier alpha value is 0.177. The molecule has 1 atom stereocenters. The van der Waals surface area contributed by atoms with Crippen molar-refractivity contribution in [2.24, 2.45) is 5.92 Å². The van der Waals surface area contributed by atoms with Crippen LogP contribution in [0, 0.1) is 5.92 Å². The van der Waals surface area contributed by atoms with Gasteiger partial charge < -0.3 is 5.11 Å². The predicted molar refractivity (Wildman–Crippen MR) is 53.6 cm³/mol. The average molecular weight is 174 g/mol. The Morgan fingerprint density at radius 2 is 1.64 bits per heavy atom. The highest BCUT2D eigenvalue weighted by atomic mass is 28.3. The number of aliphatic hydroxyl groups excluding tert-OH is 1. The Kier molecular flexibility index (Phi) is 4.33. The minimum absolute atomic E-state index is 0.0817. The molecule has 0 aromatic carbocycles. The normalized spacial score (nSPS) is 15.5. The molecule has 0 amide bonds. The van der Waals surface area contributed by atoms with Gasteiger partial charge in [0.05, 0.1) is 6.10 Å². The molecule has 0 aromatic heterocycles. The van der Waals surface area contributed by atoms with E-state index < -0.39 is 8.07 Å². The summed E-state index contributed by atoms with van der Waals surface area (Å²) >= 11 is 0. The molecule has 68 valence electrons. The van der Waals surface area contributed by atoms with E-state index in [1.54, 1.807) is 0 Å². The van der Waals surface area contributed by atoms with Crippen LogP contribution in [-0.2, 0) is 0 Å². The van der Waals surface area contributed by atoms with Gasteiger partial charge in [-0.15, -0.1) is 0 Å². The van der Waals surface area contributed by atoms with Crippen molar-refractivity contribution in [1.29, 1.82) is 0 Å². The summed E-state index contributed by atoms with van der Waals surface area (Å²) in [7, 11) is -0.926. The third-order valence-electron chi connectivity index (χ3n) is 1.96. The molecule has 0 aromatic rings. The van der Waals surface area contributed by atoms with Crippen molar-refractivity contribution in [3.8, 4) is 0 Å². The van der Waals surface area contributed by atoms with Crippen LogP contribution in [-0.4, -0.2) is 19.3 Å². The van der Waals surface area contributed by atoms with Gasteiger partial charge in [0.15, 0.2) is 0 Å². The molecule has 0 saturated heterocycles. The van der Waals surface area contributed by atoms with Crippen LogP contribution in [0.4, 0.5) is 0 Å². The smallest absolute Gasteiger partial charge is 0.0560 e. The second-order valence-corrected chi connectivity index (χ2v) is 10.5. The number of aliphatic hydroxyl groups is 1. The Labute approximate surface area is 71.8 Å². The molecule has 1 N–H and O–H groups in total. The summed E-state index contributed by atoms with van der Waals surface area (Å²) in [6, 6.07) is 1.24. The molecule has 0 spiro atoms. The van der Waals surface area contributed by atoms with E-state index in [0.717, 1.165) is 6.42 Å².